The fraction of sp³-hybridized carbons (Fsp3) is 0.579. The van der Waals surface area contributed by atoms with E-state index in [2.05, 4.69) is 44.2 Å². The molecule has 0 radical (unpaired) electrons. The lowest BCUT2D eigenvalue weighted by molar-refractivity contribution is 0.121. The van der Waals surface area contributed by atoms with Gasteiger partial charge in [0.05, 0.1) is 6.10 Å². The Hall–Kier alpha value is -1.12. The molecule has 112 valence electrons. The first-order chi connectivity index (χ1) is 9.95. The summed E-state index contributed by atoms with van der Waals surface area (Å²) in [5.74, 6) is 1.05. The highest BCUT2D eigenvalue weighted by Crippen LogP contribution is 2.60. The van der Waals surface area contributed by atoms with E-state index in [-0.39, 0.29) is 23.0 Å². The minimum absolute atomic E-state index is 0.0885. The van der Waals surface area contributed by atoms with Gasteiger partial charge in [0.2, 0.25) is 0 Å². The van der Waals surface area contributed by atoms with E-state index in [4.69, 9.17) is 5.73 Å². The van der Waals surface area contributed by atoms with E-state index in [1.807, 2.05) is 6.08 Å². The molecule has 2 heteroatoms. The summed E-state index contributed by atoms with van der Waals surface area (Å²) in [6.45, 7) is 4.70. The number of nitrogens with two attached hydrogens (primary N) is 1. The summed E-state index contributed by atoms with van der Waals surface area (Å²) in [6.07, 6.45) is 16.2. The molecular weight excluding hydrogens is 258 g/mol. The lowest BCUT2D eigenvalue weighted by Crippen LogP contribution is -2.48. The molecule has 3 N–H and O–H groups in total. The minimum atomic E-state index is -0.312. The molecule has 1 saturated carbocycles. The molecule has 0 aliphatic heterocycles. The molecule has 4 aliphatic rings. The summed E-state index contributed by atoms with van der Waals surface area (Å²) in [7, 11) is 0. The van der Waals surface area contributed by atoms with Crippen molar-refractivity contribution in [3.8, 4) is 0 Å². The summed E-state index contributed by atoms with van der Waals surface area (Å²) >= 11 is 0. The number of fused-ring (bicyclic) bond motifs is 5. The maximum atomic E-state index is 9.91. The normalized spacial score (nSPS) is 50.9. The van der Waals surface area contributed by atoms with E-state index in [0.29, 0.717) is 11.8 Å². The first-order valence-electron chi connectivity index (χ1n) is 8.17. The predicted octanol–water partition coefficient (Wildman–Crippen LogP) is 3.11. The average molecular weight is 283 g/mol. The van der Waals surface area contributed by atoms with Gasteiger partial charge in [0.1, 0.15) is 0 Å². The Labute approximate surface area is 127 Å². The van der Waals surface area contributed by atoms with Crippen LogP contribution in [0.3, 0.4) is 0 Å². The molecule has 0 unspecified atom stereocenters. The van der Waals surface area contributed by atoms with Gasteiger partial charge >= 0.3 is 0 Å². The number of hydrogen-bond donors (Lipinski definition) is 2. The molecule has 4 rings (SSSR count). The molecule has 0 spiro atoms. The molecule has 0 aromatic heterocycles. The number of rotatable bonds is 0. The summed E-state index contributed by atoms with van der Waals surface area (Å²) in [5.41, 5.74) is 9.58. The van der Waals surface area contributed by atoms with Crippen LogP contribution in [0.5, 0.6) is 0 Å². The number of hydrogen-bond acceptors (Lipinski definition) is 2. The van der Waals surface area contributed by atoms with Gasteiger partial charge in [-0.05, 0) is 30.6 Å². The molecule has 0 aromatic carbocycles. The number of allylic oxidation sites excluding steroid dienone is 5. The fourth-order valence-corrected chi connectivity index (χ4v) is 5.11. The van der Waals surface area contributed by atoms with E-state index in [1.54, 1.807) is 5.57 Å². The van der Waals surface area contributed by atoms with Gasteiger partial charge in [0, 0.05) is 17.4 Å². The SMILES string of the molecule is C[C@]12CC[C@H]3C(=CC=C4C[C@@H](O)C=C[C@@]43C)[C@@H]1C=C[C@@H]2N. The first kappa shape index (κ1) is 13.5. The standard InChI is InChI=1S/C19H25NO/c1-18-9-7-13(21)11-12(18)3-4-14-15-5-6-17(20)19(15,2)10-8-16(14)18/h3-7,9,13,15-17,21H,8,10-11,20H2,1-2H3/t13-,15-,16-,17-,18-,19-/m0/s1. The molecule has 21 heavy (non-hydrogen) atoms. The Morgan fingerprint density at radius 3 is 2.81 bits per heavy atom. The summed E-state index contributed by atoms with van der Waals surface area (Å²) in [5, 5.41) is 9.91. The van der Waals surface area contributed by atoms with Gasteiger partial charge in [-0.3, -0.25) is 0 Å². The van der Waals surface area contributed by atoms with Crippen molar-refractivity contribution in [2.24, 2.45) is 28.4 Å². The third-order valence-electron chi connectivity index (χ3n) is 6.70. The third kappa shape index (κ3) is 1.66. The molecule has 0 amide bonds. The van der Waals surface area contributed by atoms with Crippen molar-refractivity contribution in [2.75, 3.05) is 0 Å². The molecule has 0 bridgehead atoms. The zero-order valence-corrected chi connectivity index (χ0v) is 12.9. The molecule has 4 aliphatic carbocycles. The molecular formula is C19H25NO. The smallest absolute Gasteiger partial charge is 0.0758 e. The second-order valence-electron chi connectivity index (χ2n) is 7.76. The van der Waals surface area contributed by atoms with Crippen LogP contribution in [0.1, 0.15) is 33.1 Å². The van der Waals surface area contributed by atoms with E-state index in [0.717, 1.165) is 6.42 Å². The first-order valence-corrected chi connectivity index (χ1v) is 8.17. The van der Waals surface area contributed by atoms with Crippen LogP contribution in [0.2, 0.25) is 0 Å². The quantitative estimate of drug-likeness (QED) is 0.671. The monoisotopic (exact) mass is 283 g/mol. The van der Waals surface area contributed by atoms with Gasteiger partial charge in [-0.25, -0.2) is 0 Å². The second kappa shape index (κ2) is 4.21. The topological polar surface area (TPSA) is 46.2 Å². The lowest BCUT2D eigenvalue weighted by Gasteiger charge is -2.52. The van der Waals surface area contributed by atoms with Crippen molar-refractivity contribution in [2.45, 2.75) is 45.3 Å². The third-order valence-corrected chi connectivity index (χ3v) is 6.70. The number of aliphatic hydroxyl groups excluding tert-OH is 1. The van der Waals surface area contributed by atoms with Crippen LogP contribution in [0, 0.1) is 22.7 Å². The minimum Gasteiger partial charge on any atom is -0.389 e. The van der Waals surface area contributed by atoms with Crippen molar-refractivity contribution in [3.63, 3.8) is 0 Å². The van der Waals surface area contributed by atoms with Crippen LogP contribution in [0.4, 0.5) is 0 Å². The van der Waals surface area contributed by atoms with Crippen molar-refractivity contribution in [1.82, 2.24) is 0 Å². The Balaban J connectivity index is 1.79. The van der Waals surface area contributed by atoms with Crippen LogP contribution < -0.4 is 5.73 Å². The van der Waals surface area contributed by atoms with Crippen LogP contribution >= 0.6 is 0 Å². The van der Waals surface area contributed by atoms with Crippen molar-refractivity contribution in [1.29, 1.82) is 0 Å². The highest BCUT2D eigenvalue weighted by Gasteiger charge is 2.53. The second-order valence-corrected chi connectivity index (χ2v) is 7.76. The largest absolute Gasteiger partial charge is 0.389 e. The molecule has 2 nitrogen and oxygen atoms in total. The van der Waals surface area contributed by atoms with Crippen molar-refractivity contribution in [3.05, 3.63) is 47.6 Å². The molecule has 0 saturated heterocycles. The van der Waals surface area contributed by atoms with Crippen LogP contribution in [-0.4, -0.2) is 17.3 Å². The fourth-order valence-electron chi connectivity index (χ4n) is 5.11. The number of aliphatic hydroxyl groups is 1. The van der Waals surface area contributed by atoms with E-state index < -0.39 is 0 Å². The Kier molecular flexibility index (Phi) is 2.71. The zero-order valence-electron chi connectivity index (χ0n) is 12.9. The van der Waals surface area contributed by atoms with Gasteiger partial charge in [0.25, 0.3) is 0 Å². The average Bonchev–Trinajstić information content (AvgIpc) is 2.76. The lowest BCUT2D eigenvalue weighted by atomic mass is 9.52. The summed E-state index contributed by atoms with van der Waals surface area (Å²) in [6, 6.07) is 0.186. The Morgan fingerprint density at radius 2 is 2.00 bits per heavy atom. The molecule has 0 aromatic rings. The van der Waals surface area contributed by atoms with E-state index in [9.17, 15) is 5.11 Å². The van der Waals surface area contributed by atoms with Crippen LogP contribution in [0.25, 0.3) is 0 Å². The van der Waals surface area contributed by atoms with Gasteiger partial charge in [0.15, 0.2) is 0 Å². The highest BCUT2D eigenvalue weighted by atomic mass is 16.3. The summed E-state index contributed by atoms with van der Waals surface area (Å²) < 4.78 is 0. The van der Waals surface area contributed by atoms with Gasteiger partial charge < -0.3 is 10.8 Å². The molecule has 0 heterocycles. The van der Waals surface area contributed by atoms with Crippen LogP contribution in [-0.2, 0) is 0 Å². The molecule has 6 atom stereocenters. The van der Waals surface area contributed by atoms with Gasteiger partial charge in [-0.1, -0.05) is 61.4 Å². The van der Waals surface area contributed by atoms with Gasteiger partial charge in [-0.15, -0.1) is 0 Å². The Bertz CT molecular complexity index is 599. The van der Waals surface area contributed by atoms with Crippen molar-refractivity contribution < 1.29 is 5.11 Å². The van der Waals surface area contributed by atoms with Gasteiger partial charge in [-0.2, -0.15) is 0 Å². The molecule has 1 fully saturated rings. The maximum Gasteiger partial charge on any atom is 0.0758 e. The van der Waals surface area contributed by atoms with Crippen LogP contribution in [0.15, 0.2) is 47.6 Å². The van der Waals surface area contributed by atoms with Crippen molar-refractivity contribution >= 4 is 0 Å². The Morgan fingerprint density at radius 1 is 1.19 bits per heavy atom. The zero-order chi connectivity index (χ0) is 14.8. The maximum absolute atomic E-state index is 9.91. The predicted molar refractivity (Wildman–Crippen MR) is 85.5 cm³/mol. The van der Waals surface area contributed by atoms with E-state index in [1.165, 1.54) is 18.4 Å². The highest BCUT2D eigenvalue weighted by molar-refractivity contribution is 5.45. The summed E-state index contributed by atoms with van der Waals surface area (Å²) in [4.78, 5) is 0. The van der Waals surface area contributed by atoms with E-state index >= 15 is 0 Å².